The molecule has 3 rings (SSSR count). The molecule has 0 fully saturated rings. The fraction of sp³-hybridized carbons (Fsp3) is 0.158. The van der Waals surface area contributed by atoms with Crippen LogP contribution < -0.4 is 5.32 Å². The highest BCUT2D eigenvalue weighted by Gasteiger charge is 2.21. The van der Waals surface area contributed by atoms with Crippen molar-refractivity contribution in [3.05, 3.63) is 69.0 Å². The number of amides is 1. The maximum absolute atomic E-state index is 12.3. The van der Waals surface area contributed by atoms with Gasteiger partial charge in [-0.05, 0) is 48.5 Å². The number of carbonyl (C=O) groups excluding carboxylic acids is 2. The molecular weight excluding hydrogens is 446 g/mol. The van der Waals surface area contributed by atoms with E-state index in [0.717, 1.165) is 23.4 Å². The van der Waals surface area contributed by atoms with Crippen LogP contribution in [0.15, 0.2) is 52.8 Å². The van der Waals surface area contributed by atoms with Gasteiger partial charge in [-0.1, -0.05) is 17.7 Å². The van der Waals surface area contributed by atoms with Gasteiger partial charge in [-0.2, -0.15) is 0 Å². The monoisotopic (exact) mass is 461 g/mol. The highest BCUT2D eigenvalue weighted by Crippen LogP contribution is 2.34. The summed E-state index contributed by atoms with van der Waals surface area (Å²) in [5.74, 6) is -1.44. The van der Waals surface area contributed by atoms with Crippen molar-refractivity contribution in [2.45, 2.75) is 17.0 Å². The number of aryl methyl sites for hydroxylation is 2. The molecule has 1 amide bonds. The molecule has 0 saturated carbocycles. The van der Waals surface area contributed by atoms with Gasteiger partial charge in [0, 0.05) is 23.8 Å². The molecule has 0 atom stereocenters. The third-order valence-corrected chi connectivity index (χ3v) is 5.58. The lowest BCUT2D eigenvalue weighted by atomic mass is 10.2. The third-order valence-electron chi connectivity index (χ3n) is 4.05. The Balaban J connectivity index is 1.66. The van der Waals surface area contributed by atoms with Crippen molar-refractivity contribution in [3.8, 4) is 0 Å². The summed E-state index contributed by atoms with van der Waals surface area (Å²) in [4.78, 5) is 35.4. The highest BCUT2D eigenvalue weighted by atomic mass is 35.5. The standard InChI is InChI=1S/C19H16ClN5O5S/c1-11-3-5-13(8-14(11)20)22-17(26)9-30-18(27)12-4-6-16(15(7-12)25(28)29)31-19-23-21-10-24(19)2/h3-8,10H,9H2,1-2H3,(H,22,26). The zero-order valence-corrected chi connectivity index (χ0v) is 17.9. The Labute approximate surface area is 185 Å². The topological polar surface area (TPSA) is 129 Å². The van der Waals surface area contributed by atoms with Crippen LogP contribution >= 0.6 is 23.4 Å². The lowest BCUT2D eigenvalue weighted by molar-refractivity contribution is -0.387. The molecular formula is C19H16ClN5O5S. The molecule has 0 aliphatic rings. The molecule has 160 valence electrons. The number of anilines is 1. The van der Waals surface area contributed by atoms with E-state index in [0.29, 0.717) is 15.9 Å². The number of nitro benzene ring substituents is 1. The number of esters is 1. The Kier molecular flexibility index (Phi) is 6.88. The average molecular weight is 462 g/mol. The van der Waals surface area contributed by atoms with Crippen LogP contribution in [0.5, 0.6) is 0 Å². The molecule has 2 aromatic carbocycles. The molecule has 0 aliphatic heterocycles. The van der Waals surface area contributed by atoms with Crippen LogP contribution in [0.1, 0.15) is 15.9 Å². The molecule has 0 aliphatic carbocycles. The lowest BCUT2D eigenvalue weighted by Crippen LogP contribution is -2.21. The van der Waals surface area contributed by atoms with Crippen LogP contribution in [0.25, 0.3) is 0 Å². The van der Waals surface area contributed by atoms with Crippen LogP contribution in [0.2, 0.25) is 5.02 Å². The Morgan fingerprint density at radius 2 is 2.06 bits per heavy atom. The number of benzene rings is 2. The minimum absolute atomic E-state index is 0.0554. The minimum atomic E-state index is -0.865. The second kappa shape index (κ2) is 9.58. The van der Waals surface area contributed by atoms with Crippen molar-refractivity contribution in [1.82, 2.24) is 14.8 Å². The Hall–Kier alpha value is -3.44. The quantitative estimate of drug-likeness (QED) is 0.320. The van der Waals surface area contributed by atoms with Crippen molar-refractivity contribution in [2.75, 3.05) is 11.9 Å². The summed E-state index contributed by atoms with van der Waals surface area (Å²) in [7, 11) is 1.70. The summed E-state index contributed by atoms with van der Waals surface area (Å²) in [6.07, 6.45) is 1.47. The van der Waals surface area contributed by atoms with Crippen LogP contribution in [0.4, 0.5) is 11.4 Å². The minimum Gasteiger partial charge on any atom is -0.452 e. The first-order chi connectivity index (χ1) is 14.7. The zero-order chi connectivity index (χ0) is 22.5. The summed E-state index contributed by atoms with van der Waals surface area (Å²) in [5, 5.41) is 22.5. The maximum atomic E-state index is 12.3. The zero-order valence-electron chi connectivity index (χ0n) is 16.4. The molecule has 1 N–H and O–H groups in total. The average Bonchev–Trinajstić information content (AvgIpc) is 3.13. The van der Waals surface area contributed by atoms with E-state index >= 15 is 0 Å². The molecule has 1 heterocycles. The van der Waals surface area contributed by atoms with Gasteiger partial charge in [-0.15, -0.1) is 10.2 Å². The van der Waals surface area contributed by atoms with E-state index in [1.54, 1.807) is 29.8 Å². The van der Waals surface area contributed by atoms with Crippen molar-refractivity contribution in [1.29, 1.82) is 0 Å². The molecule has 1 aromatic heterocycles. The second-order valence-corrected chi connectivity index (χ2v) is 7.77. The summed E-state index contributed by atoms with van der Waals surface area (Å²) in [6.45, 7) is 1.26. The molecule has 3 aromatic rings. The van der Waals surface area contributed by atoms with E-state index in [1.807, 2.05) is 6.92 Å². The first-order valence-corrected chi connectivity index (χ1v) is 9.97. The summed E-state index contributed by atoms with van der Waals surface area (Å²) in [6, 6.07) is 8.88. The Bertz CT molecular complexity index is 1170. The molecule has 10 nitrogen and oxygen atoms in total. The Morgan fingerprint density at radius 3 is 2.71 bits per heavy atom. The molecule has 0 unspecified atom stereocenters. The van der Waals surface area contributed by atoms with Crippen LogP contribution in [0.3, 0.4) is 0 Å². The van der Waals surface area contributed by atoms with Gasteiger partial charge in [-0.3, -0.25) is 14.9 Å². The molecule has 12 heteroatoms. The molecule has 0 spiro atoms. The summed E-state index contributed by atoms with van der Waals surface area (Å²) < 4.78 is 6.58. The van der Waals surface area contributed by atoms with Crippen molar-refractivity contribution in [2.24, 2.45) is 7.05 Å². The second-order valence-electron chi connectivity index (χ2n) is 6.35. The van der Waals surface area contributed by atoms with Gasteiger partial charge < -0.3 is 14.6 Å². The fourth-order valence-corrected chi connectivity index (χ4v) is 3.45. The van der Waals surface area contributed by atoms with E-state index in [1.165, 1.54) is 18.5 Å². The van der Waals surface area contributed by atoms with Crippen LogP contribution in [0, 0.1) is 17.0 Å². The number of rotatable bonds is 7. The maximum Gasteiger partial charge on any atom is 0.338 e. The van der Waals surface area contributed by atoms with E-state index in [9.17, 15) is 19.7 Å². The first-order valence-electron chi connectivity index (χ1n) is 8.78. The largest absolute Gasteiger partial charge is 0.452 e. The number of aromatic nitrogens is 3. The smallest absolute Gasteiger partial charge is 0.338 e. The number of nitrogens with zero attached hydrogens (tertiary/aromatic N) is 4. The number of hydrogen-bond donors (Lipinski definition) is 1. The van der Waals surface area contributed by atoms with E-state index in [4.69, 9.17) is 16.3 Å². The number of nitrogens with one attached hydrogen (secondary N) is 1. The van der Waals surface area contributed by atoms with Gasteiger partial charge >= 0.3 is 5.97 Å². The fourth-order valence-electron chi connectivity index (χ4n) is 2.42. The molecule has 0 bridgehead atoms. The number of nitro groups is 1. The summed E-state index contributed by atoms with van der Waals surface area (Å²) in [5.41, 5.74) is 0.965. The van der Waals surface area contributed by atoms with Crippen molar-refractivity contribution in [3.63, 3.8) is 0 Å². The SMILES string of the molecule is Cc1ccc(NC(=O)COC(=O)c2ccc(Sc3nncn3C)c([N+](=O)[O-])c2)cc1Cl. The van der Waals surface area contributed by atoms with Crippen LogP contribution in [-0.2, 0) is 16.6 Å². The van der Waals surface area contributed by atoms with Crippen molar-refractivity contribution >= 4 is 46.6 Å². The third kappa shape index (κ3) is 5.58. The van der Waals surface area contributed by atoms with Crippen molar-refractivity contribution < 1.29 is 19.2 Å². The van der Waals surface area contributed by atoms with E-state index in [-0.39, 0.29) is 16.1 Å². The van der Waals surface area contributed by atoms with Gasteiger partial charge in [0.15, 0.2) is 11.8 Å². The van der Waals surface area contributed by atoms with Crippen LogP contribution in [-0.4, -0.2) is 38.2 Å². The predicted molar refractivity (Wildman–Crippen MR) is 113 cm³/mol. The first kappa shape index (κ1) is 22.2. The normalized spacial score (nSPS) is 10.5. The van der Waals surface area contributed by atoms with Gasteiger partial charge in [-0.25, -0.2) is 4.79 Å². The number of ether oxygens (including phenoxy) is 1. The van der Waals surface area contributed by atoms with Gasteiger partial charge in [0.05, 0.1) is 15.4 Å². The molecule has 0 saturated heterocycles. The van der Waals surface area contributed by atoms with Gasteiger partial charge in [0.2, 0.25) is 0 Å². The highest BCUT2D eigenvalue weighted by molar-refractivity contribution is 7.99. The number of carbonyl (C=O) groups is 2. The molecule has 0 radical (unpaired) electrons. The predicted octanol–water partition coefficient (Wildman–Crippen LogP) is 3.63. The van der Waals surface area contributed by atoms with Gasteiger partial charge in [0.25, 0.3) is 11.6 Å². The number of halogens is 1. The van der Waals surface area contributed by atoms with E-state index < -0.39 is 23.4 Å². The lowest BCUT2D eigenvalue weighted by Gasteiger charge is -2.08. The number of hydrogen-bond acceptors (Lipinski definition) is 8. The van der Waals surface area contributed by atoms with E-state index in [2.05, 4.69) is 15.5 Å². The molecule has 31 heavy (non-hydrogen) atoms. The Morgan fingerprint density at radius 1 is 1.29 bits per heavy atom. The van der Waals surface area contributed by atoms with Gasteiger partial charge in [0.1, 0.15) is 6.33 Å². The summed E-state index contributed by atoms with van der Waals surface area (Å²) >= 11 is 7.05.